The molecule has 0 radical (unpaired) electrons. The maximum absolute atomic E-state index is 10.8. The summed E-state index contributed by atoms with van der Waals surface area (Å²) in [7, 11) is 0. The smallest absolute Gasteiger partial charge is 0.309 e. The van der Waals surface area contributed by atoms with Crippen molar-refractivity contribution in [3.05, 3.63) is 34.3 Å². The summed E-state index contributed by atoms with van der Waals surface area (Å²) in [5, 5.41) is 34.9. The van der Waals surface area contributed by atoms with E-state index in [0.29, 0.717) is 16.4 Å². The van der Waals surface area contributed by atoms with Gasteiger partial charge >= 0.3 is 5.97 Å². The summed E-state index contributed by atoms with van der Waals surface area (Å²) in [6, 6.07) is 3.67. The van der Waals surface area contributed by atoms with Gasteiger partial charge in [0.1, 0.15) is 5.75 Å². The lowest BCUT2D eigenvalue weighted by molar-refractivity contribution is -0.136. The van der Waals surface area contributed by atoms with Crippen LogP contribution in [0, 0.1) is 0 Å². The van der Waals surface area contributed by atoms with E-state index in [-0.39, 0.29) is 24.2 Å². The standard InChI is InChI=1S/C19H26N2O4S/c1-18(2,3)13-6-11(7-14(16(13)25)19(4,5)10-22)20-17-21-12(9-26-17)8-15(23)24/h6-7,9,22,25H,8,10H2,1-5H3,(H,20,21)(H,23,24). The summed E-state index contributed by atoms with van der Waals surface area (Å²) in [4.78, 5) is 15.1. The Morgan fingerprint density at radius 1 is 1.19 bits per heavy atom. The molecule has 6 nitrogen and oxygen atoms in total. The normalized spacial score (nSPS) is 12.2. The average molecular weight is 378 g/mol. The van der Waals surface area contributed by atoms with Gasteiger partial charge in [0.05, 0.1) is 18.7 Å². The Labute approximate surface area is 157 Å². The van der Waals surface area contributed by atoms with Crippen LogP contribution in [0.25, 0.3) is 0 Å². The summed E-state index contributed by atoms with van der Waals surface area (Å²) in [6.07, 6.45) is -0.121. The Morgan fingerprint density at radius 3 is 2.35 bits per heavy atom. The van der Waals surface area contributed by atoms with Gasteiger partial charge in [0.15, 0.2) is 5.13 Å². The molecule has 0 aliphatic carbocycles. The van der Waals surface area contributed by atoms with Crippen LogP contribution in [0.4, 0.5) is 10.8 Å². The zero-order chi connectivity index (χ0) is 19.7. The number of carboxylic acid groups (broad SMARTS) is 1. The molecule has 26 heavy (non-hydrogen) atoms. The van der Waals surface area contributed by atoms with Gasteiger partial charge in [-0.25, -0.2) is 4.98 Å². The van der Waals surface area contributed by atoms with E-state index in [2.05, 4.69) is 10.3 Å². The molecule has 0 amide bonds. The number of aliphatic hydroxyl groups excluding tert-OH is 1. The lowest BCUT2D eigenvalue weighted by Crippen LogP contribution is -2.24. The second-order valence-corrected chi connectivity index (χ2v) is 8.91. The van der Waals surface area contributed by atoms with Crippen molar-refractivity contribution in [3.8, 4) is 5.75 Å². The molecule has 0 aliphatic rings. The fraction of sp³-hybridized carbons (Fsp3) is 0.474. The summed E-state index contributed by atoms with van der Waals surface area (Å²) < 4.78 is 0. The minimum absolute atomic E-state index is 0.104. The first kappa shape index (κ1) is 20.2. The van der Waals surface area contributed by atoms with Crippen LogP contribution in [0.15, 0.2) is 17.5 Å². The number of thiazole rings is 1. The number of rotatable bonds is 6. The van der Waals surface area contributed by atoms with Gasteiger partial charge in [-0.05, 0) is 17.5 Å². The van der Waals surface area contributed by atoms with Gasteiger partial charge in [0.25, 0.3) is 0 Å². The first-order chi connectivity index (χ1) is 11.9. The molecular formula is C19H26N2O4S. The predicted molar refractivity (Wildman–Crippen MR) is 104 cm³/mol. The number of phenolic OH excluding ortho intramolecular Hbond substituents is 1. The number of carbonyl (C=O) groups is 1. The van der Waals surface area contributed by atoms with Crippen molar-refractivity contribution in [3.63, 3.8) is 0 Å². The molecule has 0 unspecified atom stereocenters. The van der Waals surface area contributed by atoms with Crippen LogP contribution >= 0.6 is 11.3 Å². The number of carboxylic acids is 1. The predicted octanol–water partition coefficient (Wildman–Crippen LogP) is 3.79. The SMILES string of the molecule is CC(C)(C)c1cc(Nc2nc(CC(=O)O)cs2)cc(C(C)(C)CO)c1O. The number of aliphatic carboxylic acids is 1. The molecule has 1 heterocycles. The number of hydrogen-bond donors (Lipinski definition) is 4. The van der Waals surface area contributed by atoms with Crippen LogP contribution < -0.4 is 5.32 Å². The van der Waals surface area contributed by atoms with Gasteiger partial charge < -0.3 is 20.6 Å². The molecule has 7 heteroatoms. The molecule has 4 N–H and O–H groups in total. The van der Waals surface area contributed by atoms with Crippen LogP contribution in [0.5, 0.6) is 5.75 Å². The summed E-state index contributed by atoms with van der Waals surface area (Å²) >= 11 is 1.33. The molecular weight excluding hydrogens is 352 g/mol. The van der Waals surface area contributed by atoms with E-state index in [1.807, 2.05) is 40.7 Å². The number of nitrogens with one attached hydrogen (secondary N) is 1. The number of phenols is 1. The second kappa shape index (κ2) is 7.25. The fourth-order valence-corrected chi connectivity index (χ4v) is 3.33. The monoisotopic (exact) mass is 378 g/mol. The third kappa shape index (κ3) is 4.53. The minimum Gasteiger partial charge on any atom is -0.507 e. The summed E-state index contributed by atoms with van der Waals surface area (Å²) in [5.41, 5.74) is 1.74. The largest absolute Gasteiger partial charge is 0.507 e. The molecule has 0 fully saturated rings. The second-order valence-electron chi connectivity index (χ2n) is 8.05. The maximum atomic E-state index is 10.8. The number of benzene rings is 1. The quantitative estimate of drug-likeness (QED) is 0.571. The average Bonchev–Trinajstić information content (AvgIpc) is 2.93. The lowest BCUT2D eigenvalue weighted by Gasteiger charge is -2.29. The van der Waals surface area contributed by atoms with Crippen molar-refractivity contribution in [2.45, 2.75) is 51.9 Å². The number of aliphatic hydroxyl groups is 1. The molecule has 1 aromatic heterocycles. The van der Waals surface area contributed by atoms with E-state index >= 15 is 0 Å². The highest BCUT2D eigenvalue weighted by Crippen LogP contribution is 2.41. The Kier molecular flexibility index (Phi) is 5.63. The van der Waals surface area contributed by atoms with Crippen molar-refractivity contribution < 1.29 is 20.1 Å². The van der Waals surface area contributed by atoms with Gasteiger partial charge in [-0.2, -0.15) is 0 Å². The lowest BCUT2D eigenvalue weighted by atomic mass is 9.78. The minimum atomic E-state index is -0.923. The molecule has 0 bridgehead atoms. The molecule has 0 saturated carbocycles. The first-order valence-corrected chi connectivity index (χ1v) is 9.24. The van der Waals surface area contributed by atoms with Crippen LogP contribution in [0.1, 0.15) is 51.4 Å². The highest BCUT2D eigenvalue weighted by atomic mass is 32.1. The first-order valence-electron chi connectivity index (χ1n) is 8.36. The molecule has 142 valence electrons. The molecule has 0 saturated heterocycles. The van der Waals surface area contributed by atoms with Crippen LogP contribution in [-0.4, -0.2) is 32.9 Å². The summed E-state index contributed by atoms with van der Waals surface area (Å²) in [5.74, 6) is -0.735. The van der Waals surface area contributed by atoms with Gasteiger partial charge in [-0.3, -0.25) is 4.79 Å². The van der Waals surface area contributed by atoms with E-state index in [1.54, 1.807) is 11.4 Å². The summed E-state index contributed by atoms with van der Waals surface area (Å²) in [6.45, 7) is 9.66. The van der Waals surface area contributed by atoms with Crippen LogP contribution in [0.2, 0.25) is 0 Å². The Morgan fingerprint density at radius 2 is 1.81 bits per heavy atom. The van der Waals surface area contributed by atoms with Crippen molar-refractivity contribution >= 4 is 28.1 Å². The van der Waals surface area contributed by atoms with E-state index < -0.39 is 11.4 Å². The Hall–Kier alpha value is -2.12. The van der Waals surface area contributed by atoms with Crippen molar-refractivity contribution in [1.82, 2.24) is 4.98 Å². The number of hydrogen-bond acceptors (Lipinski definition) is 6. The number of nitrogens with zero attached hydrogens (tertiary/aromatic N) is 1. The highest BCUT2D eigenvalue weighted by Gasteiger charge is 2.29. The molecule has 0 atom stereocenters. The molecule has 2 rings (SSSR count). The van der Waals surface area contributed by atoms with Gasteiger partial charge in [-0.15, -0.1) is 11.3 Å². The van der Waals surface area contributed by atoms with Gasteiger partial charge in [-0.1, -0.05) is 34.6 Å². The van der Waals surface area contributed by atoms with E-state index in [0.717, 1.165) is 11.3 Å². The van der Waals surface area contributed by atoms with E-state index in [1.165, 1.54) is 11.3 Å². The van der Waals surface area contributed by atoms with Crippen molar-refractivity contribution in [2.75, 3.05) is 11.9 Å². The highest BCUT2D eigenvalue weighted by molar-refractivity contribution is 7.13. The fourth-order valence-electron chi connectivity index (χ4n) is 2.60. The Balaban J connectivity index is 2.46. The molecule has 0 spiro atoms. The number of aromatic nitrogens is 1. The molecule has 0 aliphatic heterocycles. The third-order valence-corrected chi connectivity index (χ3v) is 4.98. The maximum Gasteiger partial charge on any atom is 0.309 e. The van der Waals surface area contributed by atoms with Crippen molar-refractivity contribution in [2.24, 2.45) is 0 Å². The molecule has 1 aromatic carbocycles. The van der Waals surface area contributed by atoms with Gasteiger partial charge in [0.2, 0.25) is 0 Å². The Bertz CT molecular complexity index is 806. The van der Waals surface area contributed by atoms with E-state index in [9.17, 15) is 15.0 Å². The zero-order valence-electron chi connectivity index (χ0n) is 15.8. The third-order valence-electron chi connectivity index (χ3n) is 4.18. The van der Waals surface area contributed by atoms with Crippen molar-refractivity contribution in [1.29, 1.82) is 0 Å². The van der Waals surface area contributed by atoms with Crippen LogP contribution in [0.3, 0.4) is 0 Å². The topological polar surface area (TPSA) is 103 Å². The van der Waals surface area contributed by atoms with Gasteiger partial charge in [0, 0.05) is 27.6 Å². The van der Waals surface area contributed by atoms with E-state index in [4.69, 9.17) is 5.11 Å². The number of aromatic hydroxyl groups is 1. The number of anilines is 2. The zero-order valence-corrected chi connectivity index (χ0v) is 16.6. The van der Waals surface area contributed by atoms with Crippen LogP contribution in [-0.2, 0) is 22.0 Å². The molecule has 2 aromatic rings.